The molecule has 0 heterocycles. The fourth-order valence-corrected chi connectivity index (χ4v) is 1.80. The smallest absolute Gasteiger partial charge is 0.244 e. The molecule has 19 heavy (non-hydrogen) atoms. The maximum absolute atomic E-state index is 13.6. The normalized spacial score (nSPS) is 12.1. The number of benzene rings is 1. The van der Waals surface area contributed by atoms with Crippen LogP contribution in [0.3, 0.4) is 0 Å². The maximum atomic E-state index is 13.6. The van der Waals surface area contributed by atoms with Gasteiger partial charge in [-0.05, 0) is 32.9 Å². The van der Waals surface area contributed by atoms with Gasteiger partial charge in [0.2, 0.25) is 5.91 Å². The number of rotatable bonds is 5. The summed E-state index contributed by atoms with van der Waals surface area (Å²) in [5.74, 6) is -2.26. The van der Waals surface area contributed by atoms with E-state index in [0.29, 0.717) is 13.1 Å². The van der Waals surface area contributed by atoms with Crippen LogP contribution in [0.5, 0.6) is 0 Å². The first kappa shape index (κ1) is 15.2. The van der Waals surface area contributed by atoms with Crippen molar-refractivity contribution in [2.45, 2.75) is 26.8 Å². The molecule has 0 spiro atoms. The Bertz CT molecular complexity index is 461. The third-order valence-electron chi connectivity index (χ3n) is 2.93. The third kappa shape index (κ3) is 3.33. The van der Waals surface area contributed by atoms with Crippen LogP contribution in [0.25, 0.3) is 0 Å². The van der Waals surface area contributed by atoms with Crippen molar-refractivity contribution in [3.63, 3.8) is 0 Å². The molecule has 3 N–H and O–H groups in total. The number of halogens is 2. The third-order valence-corrected chi connectivity index (χ3v) is 2.93. The molecule has 0 saturated carbocycles. The fraction of sp³-hybridized carbons (Fsp3) is 0.462. The highest BCUT2D eigenvalue weighted by Gasteiger charge is 2.21. The van der Waals surface area contributed by atoms with Crippen molar-refractivity contribution in [2.75, 3.05) is 24.1 Å². The molecule has 0 saturated heterocycles. The molecular formula is C13H19F2N3O. The van der Waals surface area contributed by atoms with Crippen LogP contribution >= 0.6 is 0 Å². The molecule has 0 aliphatic rings. The highest BCUT2D eigenvalue weighted by Crippen LogP contribution is 2.25. The van der Waals surface area contributed by atoms with Crippen molar-refractivity contribution in [1.29, 1.82) is 0 Å². The lowest BCUT2D eigenvalue weighted by Gasteiger charge is -2.24. The summed E-state index contributed by atoms with van der Waals surface area (Å²) in [6.45, 7) is 6.41. The summed E-state index contributed by atoms with van der Waals surface area (Å²) in [4.78, 5) is 13.6. The van der Waals surface area contributed by atoms with E-state index in [0.717, 1.165) is 6.07 Å². The quantitative estimate of drug-likeness (QED) is 0.807. The number of hydrogen-bond donors (Lipinski definition) is 2. The van der Waals surface area contributed by atoms with E-state index in [-0.39, 0.29) is 17.3 Å². The van der Waals surface area contributed by atoms with Gasteiger partial charge in [-0.1, -0.05) is 0 Å². The summed E-state index contributed by atoms with van der Waals surface area (Å²) < 4.78 is 26.7. The van der Waals surface area contributed by atoms with Crippen LogP contribution in [-0.2, 0) is 4.79 Å². The first-order valence-electron chi connectivity index (χ1n) is 6.21. The van der Waals surface area contributed by atoms with E-state index in [1.165, 1.54) is 6.07 Å². The molecule has 1 unspecified atom stereocenters. The number of carbonyl (C=O) groups is 1. The number of nitrogens with one attached hydrogen (secondary N) is 1. The van der Waals surface area contributed by atoms with Crippen LogP contribution in [0.15, 0.2) is 12.1 Å². The van der Waals surface area contributed by atoms with Crippen molar-refractivity contribution in [1.82, 2.24) is 4.90 Å². The molecule has 1 aromatic carbocycles. The molecule has 6 heteroatoms. The number of nitrogens with two attached hydrogens (primary N) is 1. The van der Waals surface area contributed by atoms with E-state index in [1.807, 2.05) is 13.8 Å². The van der Waals surface area contributed by atoms with Gasteiger partial charge in [0.05, 0.1) is 11.4 Å². The largest absolute Gasteiger partial charge is 0.397 e. The molecular weight excluding hydrogens is 252 g/mol. The number of hydrogen-bond acceptors (Lipinski definition) is 3. The van der Waals surface area contributed by atoms with E-state index < -0.39 is 17.7 Å². The van der Waals surface area contributed by atoms with Gasteiger partial charge < -0.3 is 16.0 Å². The molecule has 0 bridgehead atoms. The molecule has 1 atom stereocenters. The van der Waals surface area contributed by atoms with Crippen LogP contribution in [0.1, 0.15) is 20.8 Å². The van der Waals surface area contributed by atoms with Crippen molar-refractivity contribution in [3.05, 3.63) is 23.8 Å². The van der Waals surface area contributed by atoms with Crippen LogP contribution in [0, 0.1) is 11.6 Å². The zero-order valence-electron chi connectivity index (χ0n) is 11.3. The average molecular weight is 271 g/mol. The van der Waals surface area contributed by atoms with E-state index in [4.69, 9.17) is 5.73 Å². The van der Waals surface area contributed by atoms with Gasteiger partial charge in [-0.2, -0.15) is 0 Å². The van der Waals surface area contributed by atoms with Gasteiger partial charge in [-0.15, -0.1) is 0 Å². The lowest BCUT2D eigenvalue weighted by molar-refractivity contribution is -0.131. The number of likely N-dealkylation sites (N-methyl/N-ethyl adjacent to an activating group) is 1. The van der Waals surface area contributed by atoms with Gasteiger partial charge in [0, 0.05) is 13.1 Å². The minimum absolute atomic E-state index is 0.0677. The van der Waals surface area contributed by atoms with Crippen LogP contribution in [-0.4, -0.2) is 29.9 Å². The molecule has 0 aliphatic carbocycles. The number of anilines is 2. The first-order valence-corrected chi connectivity index (χ1v) is 6.21. The number of nitrogen functional groups attached to an aromatic ring is 1. The molecule has 0 fully saturated rings. The second kappa shape index (κ2) is 6.36. The van der Waals surface area contributed by atoms with Crippen LogP contribution in [0.2, 0.25) is 0 Å². The monoisotopic (exact) mass is 271 g/mol. The van der Waals surface area contributed by atoms with Crippen molar-refractivity contribution in [3.8, 4) is 0 Å². The van der Waals surface area contributed by atoms with E-state index >= 15 is 0 Å². The number of amides is 1. The Hall–Kier alpha value is -1.85. The Kier molecular flexibility index (Phi) is 5.09. The highest BCUT2D eigenvalue weighted by atomic mass is 19.2. The molecule has 0 aliphatic heterocycles. The summed E-state index contributed by atoms with van der Waals surface area (Å²) in [5.41, 5.74) is 5.48. The van der Waals surface area contributed by atoms with Gasteiger partial charge in [0.15, 0.2) is 11.6 Å². The second-order valence-corrected chi connectivity index (χ2v) is 4.20. The van der Waals surface area contributed by atoms with E-state index in [2.05, 4.69) is 5.32 Å². The summed E-state index contributed by atoms with van der Waals surface area (Å²) >= 11 is 0. The Labute approximate surface area is 111 Å². The fourth-order valence-electron chi connectivity index (χ4n) is 1.80. The zero-order valence-corrected chi connectivity index (χ0v) is 11.3. The van der Waals surface area contributed by atoms with Gasteiger partial charge in [-0.3, -0.25) is 4.79 Å². The SMILES string of the molecule is CCN(CC)C(=O)C(C)Nc1c(N)ccc(F)c1F. The Morgan fingerprint density at radius 1 is 1.37 bits per heavy atom. The zero-order chi connectivity index (χ0) is 14.6. The molecule has 106 valence electrons. The summed E-state index contributed by atoms with van der Waals surface area (Å²) in [6, 6.07) is 1.53. The topological polar surface area (TPSA) is 58.4 Å². The lowest BCUT2D eigenvalue weighted by atomic mass is 10.2. The minimum atomic E-state index is -1.07. The first-order chi connectivity index (χ1) is 8.92. The molecule has 0 radical (unpaired) electrons. The summed E-state index contributed by atoms with van der Waals surface area (Å²) in [6.07, 6.45) is 0. The Balaban J connectivity index is 2.91. The van der Waals surface area contributed by atoms with E-state index in [1.54, 1.807) is 11.8 Å². The Morgan fingerprint density at radius 3 is 2.47 bits per heavy atom. The summed E-state index contributed by atoms with van der Waals surface area (Å²) in [5, 5.41) is 2.64. The van der Waals surface area contributed by atoms with Gasteiger partial charge in [0.1, 0.15) is 6.04 Å². The maximum Gasteiger partial charge on any atom is 0.244 e. The van der Waals surface area contributed by atoms with Crippen LogP contribution in [0.4, 0.5) is 20.2 Å². The predicted molar refractivity (Wildman–Crippen MR) is 71.8 cm³/mol. The van der Waals surface area contributed by atoms with Crippen LogP contribution < -0.4 is 11.1 Å². The predicted octanol–water partition coefficient (Wildman–Crippen LogP) is 2.22. The number of carbonyl (C=O) groups excluding carboxylic acids is 1. The van der Waals surface area contributed by atoms with Crippen molar-refractivity contribution in [2.24, 2.45) is 0 Å². The lowest BCUT2D eigenvalue weighted by Crippen LogP contribution is -2.41. The summed E-state index contributed by atoms with van der Waals surface area (Å²) in [7, 11) is 0. The molecule has 0 aromatic heterocycles. The number of nitrogens with zero attached hydrogens (tertiary/aromatic N) is 1. The van der Waals surface area contributed by atoms with Crippen molar-refractivity contribution >= 4 is 17.3 Å². The molecule has 1 amide bonds. The minimum Gasteiger partial charge on any atom is -0.397 e. The van der Waals surface area contributed by atoms with Gasteiger partial charge in [-0.25, -0.2) is 8.78 Å². The Morgan fingerprint density at radius 2 is 1.95 bits per heavy atom. The average Bonchev–Trinajstić information content (AvgIpc) is 2.40. The second-order valence-electron chi connectivity index (χ2n) is 4.20. The highest BCUT2D eigenvalue weighted by molar-refractivity contribution is 5.85. The van der Waals surface area contributed by atoms with E-state index in [9.17, 15) is 13.6 Å². The standard InChI is InChI=1S/C13H19F2N3O/c1-4-18(5-2)13(19)8(3)17-12-10(16)7-6-9(14)11(12)15/h6-8,17H,4-5,16H2,1-3H3. The van der Waals surface area contributed by atoms with Crippen molar-refractivity contribution < 1.29 is 13.6 Å². The molecule has 1 rings (SSSR count). The van der Waals surface area contributed by atoms with Gasteiger partial charge in [0.25, 0.3) is 0 Å². The molecule has 4 nitrogen and oxygen atoms in total. The molecule has 1 aromatic rings. The van der Waals surface area contributed by atoms with Gasteiger partial charge >= 0.3 is 0 Å².